The molecule has 0 saturated carbocycles. The Hall–Kier alpha value is -1.73. The first-order chi connectivity index (χ1) is 11.1. The van der Waals surface area contributed by atoms with Crippen LogP contribution in [0, 0.1) is 6.92 Å². The van der Waals surface area contributed by atoms with Gasteiger partial charge in [0, 0.05) is 37.6 Å². The summed E-state index contributed by atoms with van der Waals surface area (Å²) in [6, 6.07) is 0. The maximum atomic E-state index is 4.70. The summed E-state index contributed by atoms with van der Waals surface area (Å²) < 4.78 is 0. The molecular formula is C16H24N6S. The van der Waals surface area contributed by atoms with Crippen molar-refractivity contribution < 1.29 is 0 Å². The predicted molar refractivity (Wildman–Crippen MR) is 95.4 cm³/mol. The molecule has 0 aromatic carbocycles. The standard InChI is InChI=1S/C16H24N6S/c1-11-14(23-10-19-11)5-4-7-18-15-12-6-8-17-9-13(12)20-16(21-15)22(2)3/h10,17H,4-9H2,1-3H3,(H,18,20,21). The third-order valence-electron chi connectivity index (χ3n) is 4.04. The second kappa shape index (κ2) is 7.23. The number of nitrogens with one attached hydrogen (secondary N) is 2. The van der Waals surface area contributed by atoms with E-state index in [1.807, 2.05) is 24.5 Å². The summed E-state index contributed by atoms with van der Waals surface area (Å²) in [5.41, 5.74) is 5.48. The Morgan fingerprint density at radius 3 is 2.96 bits per heavy atom. The summed E-state index contributed by atoms with van der Waals surface area (Å²) in [5, 5.41) is 6.91. The number of anilines is 2. The highest BCUT2D eigenvalue weighted by atomic mass is 32.1. The molecule has 0 aliphatic carbocycles. The van der Waals surface area contributed by atoms with Crippen LogP contribution in [0.25, 0.3) is 0 Å². The predicted octanol–water partition coefficient (Wildman–Crippen LogP) is 2.00. The average molecular weight is 332 g/mol. The van der Waals surface area contributed by atoms with Gasteiger partial charge in [0.25, 0.3) is 0 Å². The van der Waals surface area contributed by atoms with Gasteiger partial charge in [-0.1, -0.05) is 0 Å². The van der Waals surface area contributed by atoms with E-state index in [4.69, 9.17) is 4.98 Å². The van der Waals surface area contributed by atoms with Crippen LogP contribution in [-0.4, -0.2) is 42.1 Å². The smallest absolute Gasteiger partial charge is 0.227 e. The normalized spacial score (nSPS) is 13.7. The van der Waals surface area contributed by atoms with Crippen molar-refractivity contribution >= 4 is 23.1 Å². The summed E-state index contributed by atoms with van der Waals surface area (Å²) in [7, 11) is 3.96. The molecule has 0 fully saturated rings. The third-order valence-corrected chi connectivity index (χ3v) is 5.04. The Morgan fingerprint density at radius 2 is 2.22 bits per heavy atom. The second-order valence-electron chi connectivity index (χ2n) is 6.01. The summed E-state index contributed by atoms with van der Waals surface area (Å²) in [6.07, 6.45) is 3.13. The van der Waals surface area contributed by atoms with E-state index in [2.05, 4.69) is 27.5 Å². The van der Waals surface area contributed by atoms with Gasteiger partial charge < -0.3 is 15.5 Å². The first-order valence-electron chi connectivity index (χ1n) is 8.06. The van der Waals surface area contributed by atoms with E-state index < -0.39 is 0 Å². The molecule has 1 aliphatic rings. The number of aromatic nitrogens is 3. The Kier molecular flexibility index (Phi) is 5.07. The van der Waals surface area contributed by atoms with Crippen LogP contribution in [0.15, 0.2) is 5.51 Å². The molecule has 23 heavy (non-hydrogen) atoms. The Balaban J connectivity index is 1.66. The minimum atomic E-state index is 0.772. The fraction of sp³-hybridized carbons (Fsp3) is 0.562. The van der Waals surface area contributed by atoms with Crippen LogP contribution in [0.5, 0.6) is 0 Å². The Labute approximate surface area is 141 Å². The molecular weight excluding hydrogens is 308 g/mol. The van der Waals surface area contributed by atoms with Crippen LogP contribution >= 0.6 is 11.3 Å². The average Bonchev–Trinajstić information content (AvgIpc) is 2.96. The summed E-state index contributed by atoms with van der Waals surface area (Å²) >= 11 is 1.75. The van der Waals surface area contributed by atoms with Gasteiger partial charge in [0.15, 0.2) is 0 Å². The maximum absolute atomic E-state index is 4.70. The van der Waals surface area contributed by atoms with Crippen molar-refractivity contribution in [2.45, 2.75) is 32.7 Å². The first-order valence-corrected chi connectivity index (χ1v) is 8.94. The minimum Gasteiger partial charge on any atom is -0.370 e. The lowest BCUT2D eigenvalue weighted by Crippen LogP contribution is -2.28. The van der Waals surface area contributed by atoms with Crippen LogP contribution in [0.3, 0.4) is 0 Å². The quantitative estimate of drug-likeness (QED) is 0.789. The molecule has 0 atom stereocenters. The lowest BCUT2D eigenvalue weighted by molar-refractivity contribution is 0.623. The van der Waals surface area contributed by atoms with Gasteiger partial charge >= 0.3 is 0 Å². The molecule has 0 unspecified atom stereocenters. The topological polar surface area (TPSA) is 66.0 Å². The molecule has 0 bridgehead atoms. The number of fused-ring (bicyclic) bond motifs is 1. The van der Waals surface area contributed by atoms with Gasteiger partial charge in [-0.15, -0.1) is 11.3 Å². The third kappa shape index (κ3) is 3.79. The number of hydrogen-bond acceptors (Lipinski definition) is 7. The van der Waals surface area contributed by atoms with Crippen molar-refractivity contribution in [3.8, 4) is 0 Å². The number of thiazole rings is 1. The fourth-order valence-electron chi connectivity index (χ4n) is 2.71. The van der Waals surface area contributed by atoms with E-state index in [1.54, 1.807) is 11.3 Å². The Morgan fingerprint density at radius 1 is 1.35 bits per heavy atom. The maximum Gasteiger partial charge on any atom is 0.227 e. The molecule has 2 aromatic rings. The SMILES string of the molecule is Cc1ncsc1CCCNc1nc(N(C)C)nc2c1CCNC2. The van der Waals surface area contributed by atoms with E-state index >= 15 is 0 Å². The fourth-order valence-corrected chi connectivity index (χ4v) is 3.54. The molecule has 0 radical (unpaired) electrons. The van der Waals surface area contributed by atoms with E-state index in [-0.39, 0.29) is 0 Å². The summed E-state index contributed by atoms with van der Waals surface area (Å²) in [4.78, 5) is 17.0. The van der Waals surface area contributed by atoms with Crippen molar-refractivity contribution in [3.63, 3.8) is 0 Å². The van der Waals surface area contributed by atoms with Crippen molar-refractivity contribution in [3.05, 3.63) is 27.3 Å². The van der Waals surface area contributed by atoms with E-state index in [0.29, 0.717) is 0 Å². The molecule has 0 saturated heterocycles. The molecule has 0 spiro atoms. The van der Waals surface area contributed by atoms with Crippen LogP contribution in [-0.2, 0) is 19.4 Å². The highest BCUT2D eigenvalue weighted by Crippen LogP contribution is 2.23. The van der Waals surface area contributed by atoms with Crippen molar-refractivity contribution in [2.75, 3.05) is 37.4 Å². The number of aryl methyl sites for hydroxylation is 2. The van der Waals surface area contributed by atoms with Crippen LogP contribution < -0.4 is 15.5 Å². The van der Waals surface area contributed by atoms with E-state index in [1.165, 1.54) is 10.4 Å². The molecule has 3 heterocycles. The molecule has 0 amide bonds. The van der Waals surface area contributed by atoms with Gasteiger partial charge in [0.2, 0.25) is 5.95 Å². The molecule has 1 aliphatic heterocycles. The van der Waals surface area contributed by atoms with Gasteiger partial charge in [-0.05, 0) is 32.7 Å². The molecule has 2 N–H and O–H groups in total. The Bertz CT molecular complexity index is 667. The zero-order chi connectivity index (χ0) is 16.2. The number of nitrogens with zero attached hydrogens (tertiary/aromatic N) is 4. The van der Waals surface area contributed by atoms with E-state index in [9.17, 15) is 0 Å². The van der Waals surface area contributed by atoms with Crippen LogP contribution in [0.1, 0.15) is 28.2 Å². The highest BCUT2D eigenvalue weighted by molar-refractivity contribution is 7.09. The zero-order valence-corrected chi connectivity index (χ0v) is 14.8. The van der Waals surface area contributed by atoms with Gasteiger partial charge in [-0.3, -0.25) is 0 Å². The summed E-state index contributed by atoms with van der Waals surface area (Å²) in [5.74, 6) is 1.77. The molecule has 7 heteroatoms. The van der Waals surface area contributed by atoms with Crippen molar-refractivity contribution in [2.24, 2.45) is 0 Å². The van der Waals surface area contributed by atoms with Gasteiger partial charge in [0.1, 0.15) is 5.82 Å². The molecule has 6 nitrogen and oxygen atoms in total. The molecule has 2 aromatic heterocycles. The van der Waals surface area contributed by atoms with Gasteiger partial charge in [-0.25, -0.2) is 9.97 Å². The second-order valence-corrected chi connectivity index (χ2v) is 6.95. The monoisotopic (exact) mass is 332 g/mol. The molecule has 124 valence electrons. The highest BCUT2D eigenvalue weighted by Gasteiger charge is 2.18. The minimum absolute atomic E-state index is 0.772. The van der Waals surface area contributed by atoms with E-state index in [0.717, 1.165) is 62.1 Å². The van der Waals surface area contributed by atoms with Crippen molar-refractivity contribution in [1.82, 2.24) is 20.3 Å². The molecule has 3 rings (SSSR count). The zero-order valence-electron chi connectivity index (χ0n) is 14.0. The lowest BCUT2D eigenvalue weighted by atomic mass is 10.1. The van der Waals surface area contributed by atoms with Gasteiger partial charge in [-0.2, -0.15) is 4.98 Å². The van der Waals surface area contributed by atoms with Gasteiger partial charge in [0.05, 0.1) is 16.9 Å². The lowest BCUT2D eigenvalue weighted by Gasteiger charge is -2.22. The van der Waals surface area contributed by atoms with Crippen LogP contribution in [0.2, 0.25) is 0 Å². The summed E-state index contributed by atoms with van der Waals surface area (Å²) in [6.45, 7) is 4.82. The van der Waals surface area contributed by atoms with Crippen LogP contribution in [0.4, 0.5) is 11.8 Å². The number of hydrogen-bond donors (Lipinski definition) is 2. The number of rotatable bonds is 6. The largest absolute Gasteiger partial charge is 0.370 e. The van der Waals surface area contributed by atoms with Crippen molar-refractivity contribution in [1.29, 1.82) is 0 Å². The first kappa shape index (κ1) is 16.1.